The van der Waals surface area contributed by atoms with Gasteiger partial charge in [0, 0.05) is 13.2 Å². The molecule has 2 saturated heterocycles. The van der Waals surface area contributed by atoms with Crippen molar-refractivity contribution in [1.82, 2.24) is 15.5 Å². The molecule has 0 spiro atoms. The van der Waals surface area contributed by atoms with Gasteiger partial charge in [-0.3, -0.25) is 14.5 Å². The second-order valence-corrected chi connectivity index (χ2v) is 4.74. The maximum atomic E-state index is 11.9. The number of aliphatic hydroxyl groups excluding tert-OH is 1. The number of aliphatic hydroxyl groups is 1. The maximum absolute atomic E-state index is 11.9. The summed E-state index contributed by atoms with van der Waals surface area (Å²) in [6, 6.07) is -0.565. The molecule has 8 heteroatoms. The highest BCUT2D eigenvalue weighted by molar-refractivity contribution is 6.04. The predicted molar refractivity (Wildman–Crippen MR) is 63.1 cm³/mol. The van der Waals surface area contributed by atoms with E-state index in [1.165, 1.54) is 0 Å². The summed E-state index contributed by atoms with van der Waals surface area (Å²) in [6.07, 6.45) is 1.02. The molecule has 8 nitrogen and oxygen atoms in total. The number of imide groups is 1. The number of ether oxygens (including phenoxy) is 1. The van der Waals surface area contributed by atoms with Gasteiger partial charge >= 0.3 is 6.03 Å². The Bertz CT molecular complexity index is 376. The van der Waals surface area contributed by atoms with E-state index in [2.05, 4.69) is 10.6 Å². The molecule has 0 saturated carbocycles. The molecule has 0 aromatic heterocycles. The van der Waals surface area contributed by atoms with Crippen LogP contribution in [0.25, 0.3) is 0 Å². The van der Waals surface area contributed by atoms with E-state index < -0.39 is 23.4 Å². The van der Waals surface area contributed by atoms with Gasteiger partial charge in [0.25, 0.3) is 5.91 Å². The molecule has 0 atom stereocenters. The molecule has 0 aromatic carbocycles. The summed E-state index contributed by atoms with van der Waals surface area (Å²) in [6.45, 7) is 0.328. The van der Waals surface area contributed by atoms with E-state index in [0.29, 0.717) is 26.1 Å². The van der Waals surface area contributed by atoms with Crippen molar-refractivity contribution in [2.24, 2.45) is 0 Å². The third-order valence-electron chi connectivity index (χ3n) is 3.40. The van der Waals surface area contributed by atoms with Gasteiger partial charge in [-0.05, 0) is 12.8 Å². The number of nitrogens with zero attached hydrogens (tertiary/aromatic N) is 1. The number of urea groups is 1. The highest BCUT2D eigenvalue weighted by Crippen LogP contribution is 2.20. The minimum Gasteiger partial charge on any atom is -0.394 e. The molecule has 2 rings (SSSR count). The number of rotatable bonds is 4. The lowest BCUT2D eigenvalue weighted by atomic mass is 9.91. The summed E-state index contributed by atoms with van der Waals surface area (Å²) in [5.74, 6) is -0.883. The maximum Gasteiger partial charge on any atom is 0.325 e. The Labute approximate surface area is 110 Å². The molecule has 0 bridgehead atoms. The van der Waals surface area contributed by atoms with E-state index >= 15 is 0 Å². The zero-order valence-corrected chi connectivity index (χ0v) is 10.5. The van der Waals surface area contributed by atoms with Crippen LogP contribution in [-0.2, 0) is 14.3 Å². The molecule has 2 aliphatic heterocycles. The number of hydrogen-bond donors (Lipinski definition) is 3. The van der Waals surface area contributed by atoms with Crippen LogP contribution in [0.3, 0.4) is 0 Å². The molecule has 0 radical (unpaired) electrons. The van der Waals surface area contributed by atoms with Crippen LogP contribution < -0.4 is 10.6 Å². The van der Waals surface area contributed by atoms with E-state index in [9.17, 15) is 19.5 Å². The first-order valence-corrected chi connectivity index (χ1v) is 6.14. The Morgan fingerprint density at radius 1 is 1.42 bits per heavy atom. The summed E-state index contributed by atoms with van der Waals surface area (Å²) in [5, 5.41) is 14.5. The molecule has 3 N–H and O–H groups in total. The number of carbonyl (C=O) groups is 3. The molecule has 0 unspecified atom stereocenters. The van der Waals surface area contributed by atoms with Crippen LogP contribution in [0.2, 0.25) is 0 Å². The van der Waals surface area contributed by atoms with Crippen LogP contribution in [0.4, 0.5) is 4.79 Å². The molecule has 2 fully saturated rings. The Balaban J connectivity index is 1.92. The highest BCUT2D eigenvalue weighted by Gasteiger charge is 2.36. The van der Waals surface area contributed by atoms with Crippen LogP contribution in [0.15, 0.2) is 0 Å². The first kappa shape index (κ1) is 13.8. The number of amides is 4. The van der Waals surface area contributed by atoms with Gasteiger partial charge in [-0.25, -0.2) is 4.79 Å². The molecule has 0 aromatic rings. The molecule has 106 valence electrons. The fourth-order valence-corrected chi connectivity index (χ4v) is 2.18. The van der Waals surface area contributed by atoms with Crippen molar-refractivity contribution in [3.05, 3.63) is 0 Å². The standard InChI is InChI=1S/C11H17N3O5/c15-7-11(1-3-19-4-2-11)13-8(16)6-14-9(17)5-12-10(14)18/h15H,1-7H2,(H,12,18)(H,13,16). The molecular weight excluding hydrogens is 254 g/mol. The van der Waals surface area contributed by atoms with Crippen LogP contribution in [0.5, 0.6) is 0 Å². The second-order valence-electron chi connectivity index (χ2n) is 4.74. The lowest BCUT2D eigenvalue weighted by molar-refractivity contribution is -0.132. The average molecular weight is 271 g/mol. The summed E-state index contributed by atoms with van der Waals surface area (Å²) >= 11 is 0. The van der Waals surface area contributed by atoms with Crippen molar-refractivity contribution in [2.75, 3.05) is 32.9 Å². The highest BCUT2D eigenvalue weighted by atomic mass is 16.5. The number of nitrogens with one attached hydrogen (secondary N) is 2. The fourth-order valence-electron chi connectivity index (χ4n) is 2.18. The predicted octanol–water partition coefficient (Wildman–Crippen LogP) is -1.80. The smallest absolute Gasteiger partial charge is 0.325 e. The quantitative estimate of drug-likeness (QED) is 0.523. The van der Waals surface area contributed by atoms with E-state index in [-0.39, 0.29) is 19.7 Å². The first-order chi connectivity index (χ1) is 9.06. The van der Waals surface area contributed by atoms with Crippen molar-refractivity contribution < 1.29 is 24.2 Å². The number of carbonyl (C=O) groups excluding carboxylic acids is 3. The van der Waals surface area contributed by atoms with Gasteiger partial charge in [-0.2, -0.15) is 0 Å². The Kier molecular flexibility index (Phi) is 4.01. The third-order valence-corrected chi connectivity index (χ3v) is 3.40. The van der Waals surface area contributed by atoms with Crippen molar-refractivity contribution in [3.8, 4) is 0 Å². The first-order valence-electron chi connectivity index (χ1n) is 6.14. The molecule has 2 aliphatic rings. The van der Waals surface area contributed by atoms with Crippen molar-refractivity contribution in [2.45, 2.75) is 18.4 Å². The normalized spacial score (nSPS) is 22.3. The molecule has 19 heavy (non-hydrogen) atoms. The lowest BCUT2D eigenvalue weighted by Gasteiger charge is -2.36. The average Bonchev–Trinajstić information content (AvgIpc) is 2.71. The minimum absolute atomic E-state index is 0.0783. The van der Waals surface area contributed by atoms with Gasteiger partial charge in [-0.1, -0.05) is 0 Å². The summed E-state index contributed by atoms with van der Waals surface area (Å²) in [7, 11) is 0. The van der Waals surface area contributed by atoms with Crippen LogP contribution in [0, 0.1) is 0 Å². The number of hydrogen-bond acceptors (Lipinski definition) is 5. The summed E-state index contributed by atoms with van der Waals surface area (Å²) < 4.78 is 5.18. The minimum atomic E-state index is -0.714. The van der Waals surface area contributed by atoms with Crippen LogP contribution >= 0.6 is 0 Å². The Hall–Kier alpha value is -1.67. The zero-order valence-electron chi connectivity index (χ0n) is 10.5. The summed E-state index contributed by atoms with van der Waals surface area (Å²) in [5.41, 5.74) is -0.714. The van der Waals surface area contributed by atoms with Crippen LogP contribution in [0.1, 0.15) is 12.8 Å². The molecule has 4 amide bonds. The topological polar surface area (TPSA) is 108 Å². The van der Waals surface area contributed by atoms with Crippen molar-refractivity contribution >= 4 is 17.8 Å². The molecule has 0 aliphatic carbocycles. The van der Waals surface area contributed by atoms with Gasteiger partial charge in [0.1, 0.15) is 6.54 Å². The van der Waals surface area contributed by atoms with Gasteiger partial charge in [0.05, 0.1) is 18.7 Å². The monoisotopic (exact) mass is 271 g/mol. The van der Waals surface area contributed by atoms with E-state index in [4.69, 9.17) is 4.74 Å². The second kappa shape index (κ2) is 5.54. The van der Waals surface area contributed by atoms with Crippen molar-refractivity contribution in [3.63, 3.8) is 0 Å². The summed E-state index contributed by atoms with van der Waals surface area (Å²) in [4.78, 5) is 35.4. The van der Waals surface area contributed by atoms with Gasteiger partial charge in [0.2, 0.25) is 5.91 Å². The molecule has 2 heterocycles. The molecular formula is C11H17N3O5. The van der Waals surface area contributed by atoms with Gasteiger partial charge in [0.15, 0.2) is 0 Å². The van der Waals surface area contributed by atoms with E-state index in [0.717, 1.165) is 4.90 Å². The van der Waals surface area contributed by atoms with E-state index in [1.807, 2.05) is 0 Å². The Morgan fingerprint density at radius 2 is 2.11 bits per heavy atom. The fraction of sp³-hybridized carbons (Fsp3) is 0.727. The Morgan fingerprint density at radius 3 is 2.63 bits per heavy atom. The lowest BCUT2D eigenvalue weighted by Crippen LogP contribution is -2.56. The third kappa shape index (κ3) is 3.02. The van der Waals surface area contributed by atoms with Gasteiger partial charge < -0.3 is 20.5 Å². The largest absolute Gasteiger partial charge is 0.394 e. The van der Waals surface area contributed by atoms with E-state index in [1.54, 1.807) is 0 Å². The van der Waals surface area contributed by atoms with Gasteiger partial charge in [-0.15, -0.1) is 0 Å². The van der Waals surface area contributed by atoms with Crippen molar-refractivity contribution in [1.29, 1.82) is 0 Å². The zero-order chi connectivity index (χ0) is 13.9. The SMILES string of the molecule is O=C(CN1C(=O)CNC1=O)NC1(CO)CCOCC1. The van der Waals surface area contributed by atoms with Crippen LogP contribution in [-0.4, -0.2) is 66.3 Å².